The fourth-order valence-corrected chi connectivity index (χ4v) is 6.01. The number of hydrogen-bond acceptors (Lipinski definition) is 6. The highest BCUT2D eigenvalue weighted by molar-refractivity contribution is 5.94. The minimum absolute atomic E-state index is 0.111. The van der Waals surface area contributed by atoms with Crippen molar-refractivity contribution >= 4 is 24.0 Å². The Kier molecular flexibility index (Phi) is 2.86. The van der Waals surface area contributed by atoms with E-state index in [2.05, 4.69) is 0 Å². The van der Waals surface area contributed by atoms with Gasteiger partial charge in [-0.05, 0) is 24.2 Å². The van der Waals surface area contributed by atoms with Gasteiger partial charge in [0.1, 0.15) is 6.29 Å². The average Bonchev–Trinajstić information content (AvgIpc) is 3.02. The molecule has 0 bridgehead atoms. The van der Waals surface area contributed by atoms with E-state index in [1.54, 1.807) is 0 Å². The maximum atomic E-state index is 13.1. The van der Waals surface area contributed by atoms with Crippen LogP contribution in [0.5, 0.6) is 0 Å². The van der Waals surface area contributed by atoms with Crippen LogP contribution in [0, 0.1) is 34.5 Å². The van der Waals surface area contributed by atoms with Crippen LogP contribution in [0.1, 0.15) is 33.1 Å². The number of aldehydes is 1. The Morgan fingerprint density at radius 3 is 2.78 bits per heavy atom. The van der Waals surface area contributed by atoms with E-state index >= 15 is 0 Å². The van der Waals surface area contributed by atoms with Crippen molar-refractivity contribution in [2.75, 3.05) is 6.61 Å². The molecule has 6 heteroatoms. The van der Waals surface area contributed by atoms with Crippen molar-refractivity contribution in [3.05, 3.63) is 0 Å². The minimum Gasteiger partial charge on any atom is -0.465 e. The van der Waals surface area contributed by atoms with Gasteiger partial charge < -0.3 is 14.3 Å². The maximum Gasteiger partial charge on any atom is 0.309 e. The third kappa shape index (κ3) is 1.64. The lowest BCUT2D eigenvalue weighted by Gasteiger charge is -2.47. The number of ketones is 1. The highest BCUT2D eigenvalue weighted by Crippen LogP contribution is 2.81. The van der Waals surface area contributed by atoms with E-state index < -0.39 is 23.4 Å². The molecule has 0 amide bonds. The largest absolute Gasteiger partial charge is 0.465 e. The quantitative estimate of drug-likeness (QED) is 0.555. The van der Waals surface area contributed by atoms with Crippen LogP contribution in [0.15, 0.2) is 0 Å². The minimum atomic E-state index is -0.868. The topological polar surface area (TPSA) is 86.7 Å². The summed E-state index contributed by atoms with van der Waals surface area (Å²) < 4.78 is 10.3. The van der Waals surface area contributed by atoms with E-state index in [-0.39, 0.29) is 41.3 Å². The number of fused-ring (bicyclic) bond motifs is 2. The van der Waals surface area contributed by atoms with Crippen LogP contribution in [0.25, 0.3) is 0 Å². The van der Waals surface area contributed by atoms with Gasteiger partial charge in [-0.1, -0.05) is 6.92 Å². The molecule has 1 heterocycles. The Morgan fingerprint density at radius 1 is 1.39 bits per heavy atom. The molecule has 3 saturated carbocycles. The molecule has 4 aliphatic rings. The van der Waals surface area contributed by atoms with Gasteiger partial charge in [0.15, 0.2) is 11.9 Å². The second kappa shape index (κ2) is 4.42. The van der Waals surface area contributed by atoms with Crippen LogP contribution in [0.4, 0.5) is 0 Å². The first-order valence-corrected chi connectivity index (χ1v) is 8.19. The predicted molar refractivity (Wildman–Crippen MR) is 75.9 cm³/mol. The van der Waals surface area contributed by atoms with Crippen LogP contribution >= 0.6 is 0 Å². The number of esters is 2. The second-order valence-corrected chi connectivity index (χ2v) is 7.74. The van der Waals surface area contributed by atoms with Gasteiger partial charge in [-0.15, -0.1) is 0 Å². The summed E-state index contributed by atoms with van der Waals surface area (Å²) in [5, 5.41) is 0. The zero-order valence-corrected chi connectivity index (χ0v) is 13.2. The summed E-state index contributed by atoms with van der Waals surface area (Å²) in [4.78, 5) is 48.1. The summed E-state index contributed by atoms with van der Waals surface area (Å²) in [7, 11) is 0. The lowest BCUT2D eigenvalue weighted by atomic mass is 9.56. The second-order valence-electron chi connectivity index (χ2n) is 7.74. The summed E-state index contributed by atoms with van der Waals surface area (Å²) in [5.74, 6) is -1.66. The number of hydrogen-bond donors (Lipinski definition) is 0. The molecule has 3 aliphatic carbocycles. The Morgan fingerprint density at radius 2 is 2.13 bits per heavy atom. The van der Waals surface area contributed by atoms with Crippen LogP contribution in [-0.4, -0.2) is 36.7 Å². The summed E-state index contributed by atoms with van der Waals surface area (Å²) in [6.07, 6.45) is 1.64. The predicted octanol–water partition coefficient (Wildman–Crippen LogP) is 0.911. The fourth-order valence-electron chi connectivity index (χ4n) is 6.01. The molecule has 1 spiro atoms. The van der Waals surface area contributed by atoms with Crippen molar-refractivity contribution in [2.24, 2.45) is 34.5 Å². The third-order valence-electron chi connectivity index (χ3n) is 6.84. The van der Waals surface area contributed by atoms with Crippen molar-refractivity contribution in [2.45, 2.75) is 39.2 Å². The molecule has 0 aromatic heterocycles. The molecule has 0 aromatic carbocycles. The highest BCUT2D eigenvalue weighted by atomic mass is 16.5. The Bertz CT molecular complexity index is 627. The first-order chi connectivity index (χ1) is 10.9. The van der Waals surface area contributed by atoms with E-state index in [1.165, 1.54) is 6.92 Å². The van der Waals surface area contributed by atoms with Crippen LogP contribution in [-0.2, 0) is 28.7 Å². The molecule has 2 unspecified atom stereocenters. The Hall–Kier alpha value is -1.72. The molecule has 1 saturated heterocycles. The molecule has 7 atom stereocenters. The molecule has 0 N–H and O–H groups in total. The first-order valence-electron chi connectivity index (χ1n) is 8.19. The van der Waals surface area contributed by atoms with Gasteiger partial charge in [0.25, 0.3) is 0 Å². The molecule has 124 valence electrons. The van der Waals surface area contributed by atoms with E-state index in [1.807, 2.05) is 6.92 Å². The summed E-state index contributed by atoms with van der Waals surface area (Å²) >= 11 is 0. The van der Waals surface area contributed by atoms with Gasteiger partial charge in [-0.2, -0.15) is 0 Å². The van der Waals surface area contributed by atoms with Crippen LogP contribution < -0.4 is 0 Å². The van der Waals surface area contributed by atoms with E-state index in [9.17, 15) is 19.2 Å². The van der Waals surface area contributed by atoms with Crippen molar-refractivity contribution < 1.29 is 28.7 Å². The Labute approximate surface area is 133 Å². The summed E-state index contributed by atoms with van der Waals surface area (Å²) in [6, 6.07) is 0. The van der Waals surface area contributed by atoms with Crippen molar-refractivity contribution in [1.29, 1.82) is 0 Å². The molecule has 0 aromatic rings. The average molecular weight is 320 g/mol. The number of carbonyl (C=O) groups is 4. The van der Waals surface area contributed by atoms with Gasteiger partial charge in [-0.25, -0.2) is 0 Å². The molecular formula is C17H20O6. The zero-order valence-electron chi connectivity index (χ0n) is 13.2. The zero-order chi connectivity index (χ0) is 16.6. The maximum absolute atomic E-state index is 13.1. The lowest BCUT2D eigenvalue weighted by Crippen LogP contribution is -2.54. The van der Waals surface area contributed by atoms with Crippen LogP contribution in [0.2, 0.25) is 0 Å². The lowest BCUT2D eigenvalue weighted by molar-refractivity contribution is -0.170. The fraction of sp³-hybridized carbons (Fsp3) is 0.765. The summed E-state index contributed by atoms with van der Waals surface area (Å²) in [5.41, 5.74) is -0.810. The first kappa shape index (κ1) is 14.8. The third-order valence-corrected chi connectivity index (χ3v) is 6.84. The van der Waals surface area contributed by atoms with Crippen LogP contribution in [0.3, 0.4) is 0 Å². The van der Waals surface area contributed by atoms with E-state index in [0.717, 1.165) is 6.29 Å². The van der Waals surface area contributed by atoms with Gasteiger partial charge >= 0.3 is 11.9 Å². The molecule has 0 radical (unpaired) electrons. The molecule has 1 aliphatic heterocycles. The number of ether oxygens (including phenoxy) is 2. The van der Waals surface area contributed by atoms with Gasteiger partial charge in [0, 0.05) is 30.6 Å². The molecule has 23 heavy (non-hydrogen) atoms. The highest BCUT2D eigenvalue weighted by Gasteiger charge is 2.83. The molecule has 4 rings (SSSR count). The monoisotopic (exact) mass is 320 g/mol. The summed E-state index contributed by atoms with van der Waals surface area (Å²) in [6.45, 7) is 3.58. The molecular weight excluding hydrogens is 300 g/mol. The molecule has 4 fully saturated rings. The van der Waals surface area contributed by atoms with Crippen molar-refractivity contribution in [3.63, 3.8) is 0 Å². The Balaban J connectivity index is 1.74. The van der Waals surface area contributed by atoms with Gasteiger partial charge in [-0.3, -0.25) is 14.4 Å². The molecule has 6 nitrogen and oxygen atoms in total. The van der Waals surface area contributed by atoms with E-state index in [0.29, 0.717) is 19.4 Å². The van der Waals surface area contributed by atoms with E-state index in [4.69, 9.17) is 9.47 Å². The SMILES string of the molecule is CC(=O)O[C@H]1C[C@@H](C=O)[C@]2(C)CC3C4C(=O)OCC[C@@]34[C@H]2C1=O. The van der Waals surface area contributed by atoms with Gasteiger partial charge in [0.05, 0.1) is 12.5 Å². The number of carbonyl (C=O) groups excluding carboxylic acids is 4. The number of Topliss-reactive ketones (excluding diaryl/α,β-unsaturated/α-hetero) is 1. The number of rotatable bonds is 2. The van der Waals surface area contributed by atoms with Crippen molar-refractivity contribution in [1.82, 2.24) is 0 Å². The number of cyclic esters (lactones) is 1. The van der Waals surface area contributed by atoms with Gasteiger partial charge in [0.2, 0.25) is 0 Å². The smallest absolute Gasteiger partial charge is 0.309 e. The van der Waals surface area contributed by atoms with Crippen molar-refractivity contribution in [3.8, 4) is 0 Å². The standard InChI is InChI=1S/C17H20O6/c1-8(19)23-11-5-9(7-18)16(2)6-10-12-15(21)22-4-3-17(10,12)14(16)13(11)20/h7,9-12,14H,3-6H2,1-2H3/t9-,10?,11-,12?,14-,16-,17+/m0/s1. The normalized spacial score (nSPS) is 50.3.